The van der Waals surface area contributed by atoms with Crippen molar-refractivity contribution in [1.82, 2.24) is 9.97 Å². The van der Waals surface area contributed by atoms with Crippen molar-refractivity contribution in [3.05, 3.63) is 47.9 Å². The maximum Gasteiger partial charge on any atom is 0.237 e. The Bertz CT molecular complexity index is 519. The van der Waals surface area contributed by atoms with E-state index in [0.717, 1.165) is 6.07 Å². The van der Waals surface area contributed by atoms with Gasteiger partial charge in [0.15, 0.2) is 11.6 Å². The van der Waals surface area contributed by atoms with Crippen LogP contribution in [-0.4, -0.2) is 9.97 Å². The fraction of sp³-hybridized carbons (Fsp3) is 0.0909. The lowest BCUT2D eigenvalue weighted by Crippen LogP contribution is -1.95. The number of aromatic nitrogens is 2. The average molecular weight is 257 g/mol. The zero-order valence-corrected chi connectivity index (χ0v) is 9.29. The van der Waals surface area contributed by atoms with Crippen molar-refractivity contribution in [3.63, 3.8) is 0 Å². The van der Waals surface area contributed by atoms with E-state index in [2.05, 4.69) is 9.97 Å². The molecule has 6 heteroatoms. The quantitative estimate of drug-likeness (QED) is 0.791. The highest BCUT2D eigenvalue weighted by atomic mass is 35.5. The van der Waals surface area contributed by atoms with E-state index in [1.54, 1.807) is 0 Å². The van der Waals surface area contributed by atoms with Crippen molar-refractivity contribution in [2.24, 2.45) is 0 Å². The molecule has 88 valence electrons. The van der Waals surface area contributed by atoms with E-state index in [4.69, 9.17) is 16.3 Å². The first-order chi connectivity index (χ1) is 8.20. The van der Waals surface area contributed by atoms with E-state index < -0.39 is 11.6 Å². The van der Waals surface area contributed by atoms with Crippen LogP contribution in [0.15, 0.2) is 30.6 Å². The summed E-state index contributed by atoms with van der Waals surface area (Å²) >= 11 is 5.53. The van der Waals surface area contributed by atoms with Crippen molar-refractivity contribution in [2.45, 2.75) is 5.88 Å². The smallest absolute Gasteiger partial charge is 0.237 e. The molecule has 0 radical (unpaired) electrons. The summed E-state index contributed by atoms with van der Waals surface area (Å²) in [5, 5.41) is 0. The van der Waals surface area contributed by atoms with E-state index in [1.807, 2.05) is 0 Å². The monoisotopic (exact) mass is 256 g/mol. The Kier molecular flexibility index (Phi) is 3.49. The fourth-order valence-electron chi connectivity index (χ4n) is 1.14. The molecule has 1 heterocycles. The van der Waals surface area contributed by atoms with E-state index in [9.17, 15) is 8.78 Å². The lowest BCUT2D eigenvalue weighted by atomic mass is 10.3. The maximum atomic E-state index is 13.3. The number of rotatable bonds is 3. The molecule has 0 N–H and O–H groups in total. The third kappa shape index (κ3) is 2.68. The Morgan fingerprint density at radius 2 is 2.00 bits per heavy atom. The largest absolute Gasteiger partial charge is 0.434 e. The molecule has 17 heavy (non-hydrogen) atoms. The number of benzene rings is 1. The van der Waals surface area contributed by atoms with Gasteiger partial charge in [-0.25, -0.2) is 9.37 Å². The van der Waals surface area contributed by atoms with Gasteiger partial charge in [-0.3, -0.25) is 4.98 Å². The van der Waals surface area contributed by atoms with Gasteiger partial charge in [-0.15, -0.1) is 11.6 Å². The molecular weight excluding hydrogens is 250 g/mol. The van der Waals surface area contributed by atoms with Gasteiger partial charge in [0.25, 0.3) is 0 Å². The Hall–Kier alpha value is -1.75. The van der Waals surface area contributed by atoms with Gasteiger partial charge in [0.2, 0.25) is 11.7 Å². The molecule has 0 saturated heterocycles. The first-order valence-electron chi connectivity index (χ1n) is 4.69. The zero-order valence-electron chi connectivity index (χ0n) is 8.53. The lowest BCUT2D eigenvalue weighted by Gasteiger charge is -2.05. The minimum atomic E-state index is -1.06. The molecule has 0 atom stereocenters. The SMILES string of the molecule is Fc1cccc(Oc2cnc(CCl)cn2)c1F. The summed E-state index contributed by atoms with van der Waals surface area (Å²) in [6.45, 7) is 0. The predicted octanol–water partition coefficient (Wildman–Crippen LogP) is 3.29. The molecule has 0 unspecified atom stereocenters. The molecule has 0 aliphatic carbocycles. The van der Waals surface area contributed by atoms with Crippen LogP contribution in [0.3, 0.4) is 0 Å². The van der Waals surface area contributed by atoms with Crippen LogP contribution < -0.4 is 4.74 Å². The van der Waals surface area contributed by atoms with Crippen LogP contribution in [0.25, 0.3) is 0 Å². The van der Waals surface area contributed by atoms with E-state index in [0.29, 0.717) is 5.69 Å². The van der Waals surface area contributed by atoms with E-state index in [-0.39, 0.29) is 17.5 Å². The first kappa shape index (κ1) is 11.7. The van der Waals surface area contributed by atoms with Crippen molar-refractivity contribution in [2.75, 3.05) is 0 Å². The molecule has 0 aliphatic heterocycles. The van der Waals surface area contributed by atoms with Crippen molar-refractivity contribution < 1.29 is 13.5 Å². The zero-order chi connectivity index (χ0) is 12.3. The second-order valence-electron chi connectivity index (χ2n) is 3.13. The molecule has 3 nitrogen and oxygen atoms in total. The lowest BCUT2D eigenvalue weighted by molar-refractivity contribution is 0.403. The van der Waals surface area contributed by atoms with Gasteiger partial charge in [0, 0.05) is 0 Å². The van der Waals surface area contributed by atoms with Gasteiger partial charge < -0.3 is 4.74 Å². The summed E-state index contributed by atoms with van der Waals surface area (Å²) in [6.07, 6.45) is 2.70. The summed E-state index contributed by atoms with van der Waals surface area (Å²) < 4.78 is 31.2. The van der Waals surface area contributed by atoms with Crippen LogP contribution in [-0.2, 0) is 5.88 Å². The first-order valence-corrected chi connectivity index (χ1v) is 5.23. The highest BCUT2D eigenvalue weighted by Crippen LogP contribution is 2.23. The van der Waals surface area contributed by atoms with Gasteiger partial charge >= 0.3 is 0 Å². The van der Waals surface area contributed by atoms with Gasteiger partial charge in [0.1, 0.15) is 0 Å². The van der Waals surface area contributed by atoms with Gasteiger partial charge in [-0.2, -0.15) is 4.39 Å². The molecule has 0 fully saturated rings. The summed E-state index contributed by atoms with van der Waals surface area (Å²) in [7, 11) is 0. The molecule has 2 rings (SSSR count). The van der Waals surface area contributed by atoms with Crippen LogP contribution in [0.1, 0.15) is 5.69 Å². The van der Waals surface area contributed by atoms with Crippen molar-refractivity contribution in [1.29, 1.82) is 0 Å². The summed E-state index contributed by atoms with van der Waals surface area (Å²) in [4.78, 5) is 7.77. The Morgan fingerprint density at radius 3 is 2.65 bits per heavy atom. The third-order valence-electron chi connectivity index (χ3n) is 1.95. The third-order valence-corrected chi connectivity index (χ3v) is 2.22. The number of alkyl halides is 1. The Morgan fingerprint density at radius 1 is 1.18 bits per heavy atom. The van der Waals surface area contributed by atoms with Crippen LogP contribution in [0.4, 0.5) is 8.78 Å². The van der Waals surface area contributed by atoms with Crippen LogP contribution >= 0.6 is 11.6 Å². The molecule has 1 aromatic carbocycles. The Labute approximate surface area is 101 Å². The number of ether oxygens (including phenoxy) is 1. The molecule has 2 aromatic rings. The molecule has 0 saturated carbocycles. The molecule has 0 bridgehead atoms. The normalized spacial score (nSPS) is 10.3. The standard InChI is InChI=1S/C11H7ClF2N2O/c12-4-7-5-16-10(6-15-7)17-9-3-1-2-8(13)11(9)14/h1-3,5-6H,4H2. The molecule has 0 amide bonds. The number of nitrogens with zero attached hydrogens (tertiary/aromatic N) is 2. The van der Waals surface area contributed by atoms with Crippen molar-refractivity contribution >= 4 is 11.6 Å². The average Bonchev–Trinajstić information content (AvgIpc) is 2.36. The fourth-order valence-corrected chi connectivity index (χ4v) is 1.28. The minimum absolute atomic E-state index is 0.0726. The summed E-state index contributed by atoms with van der Waals surface area (Å²) in [5.74, 6) is -1.98. The predicted molar refractivity (Wildman–Crippen MR) is 58.0 cm³/mol. The summed E-state index contributed by atoms with van der Waals surface area (Å²) in [5.41, 5.74) is 0.568. The minimum Gasteiger partial charge on any atom is -0.434 e. The topological polar surface area (TPSA) is 35.0 Å². The van der Waals surface area contributed by atoms with Crippen molar-refractivity contribution in [3.8, 4) is 11.6 Å². The number of hydrogen-bond donors (Lipinski definition) is 0. The molecule has 0 aliphatic rings. The summed E-state index contributed by atoms with van der Waals surface area (Å²) in [6, 6.07) is 3.65. The number of halogens is 3. The van der Waals surface area contributed by atoms with Crippen LogP contribution in [0.2, 0.25) is 0 Å². The molecular formula is C11H7ClF2N2O. The second-order valence-corrected chi connectivity index (χ2v) is 3.40. The van der Waals surface area contributed by atoms with E-state index >= 15 is 0 Å². The number of hydrogen-bond acceptors (Lipinski definition) is 3. The second kappa shape index (κ2) is 5.05. The van der Waals surface area contributed by atoms with Crippen LogP contribution in [0, 0.1) is 11.6 Å². The molecule has 1 aromatic heterocycles. The van der Waals surface area contributed by atoms with Gasteiger partial charge in [0.05, 0.1) is 24.0 Å². The van der Waals surface area contributed by atoms with Crippen LogP contribution in [0.5, 0.6) is 11.6 Å². The maximum absolute atomic E-state index is 13.3. The highest BCUT2D eigenvalue weighted by Gasteiger charge is 2.10. The highest BCUT2D eigenvalue weighted by molar-refractivity contribution is 6.16. The van der Waals surface area contributed by atoms with Gasteiger partial charge in [-0.05, 0) is 12.1 Å². The van der Waals surface area contributed by atoms with E-state index in [1.165, 1.54) is 24.5 Å². The molecule has 0 spiro atoms. The Balaban J connectivity index is 2.22. The van der Waals surface area contributed by atoms with Gasteiger partial charge in [-0.1, -0.05) is 6.07 Å².